The third kappa shape index (κ3) is 4.02. The van der Waals surface area contributed by atoms with Crippen molar-refractivity contribution in [3.05, 3.63) is 77.4 Å². The topological polar surface area (TPSA) is 62.1 Å². The summed E-state index contributed by atoms with van der Waals surface area (Å²) in [5.41, 5.74) is 1.66. The first-order chi connectivity index (χ1) is 11.2. The lowest BCUT2D eigenvalue weighted by Crippen LogP contribution is -2.24. The minimum absolute atomic E-state index is 0.128. The first-order valence-electron chi connectivity index (χ1n) is 6.82. The fraction of sp³-hybridized carbons (Fsp3) is 0.0556. The Balaban J connectivity index is 2.47. The Hall–Kier alpha value is -2.97. The quantitative estimate of drug-likeness (QED) is 0.406. The normalized spacial score (nSPS) is 11.0. The van der Waals surface area contributed by atoms with Crippen LogP contribution < -0.4 is 5.32 Å². The smallest absolute Gasteiger partial charge is 0.350 e. The second-order valence-electron chi connectivity index (χ2n) is 4.54. The van der Waals surface area contributed by atoms with Crippen molar-refractivity contribution < 1.29 is 9.53 Å². The van der Waals surface area contributed by atoms with Crippen molar-refractivity contribution in [2.45, 2.75) is 0 Å². The summed E-state index contributed by atoms with van der Waals surface area (Å²) in [5, 5.41) is 12.4. The van der Waals surface area contributed by atoms with Gasteiger partial charge in [-0.25, -0.2) is 4.79 Å². The van der Waals surface area contributed by atoms with Gasteiger partial charge in [0.1, 0.15) is 11.1 Å². The number of ether oxygens (including phenoxy) is 1. The largest absolute Gasteiger partial charge is 0.465 e. The third-order valence-electron chi connectivity index (χ3n) is 3.09. The monoisotopic (exact) mass is 322 g/mol. The maximum Gasteiger partial charge on any atom is 0.350 e. The lowest BCUT2D eigenvalue weighted by atomic mass is 10.1. The van der Waals surface area contributed by atoms with E-state index in [0.29, 0.717) is 16.2 Å². The Bertz CT molecular complexity index is 778. The first-order valence-corrected chi connectivity index (χ1v) is 7.22. The van der Waals surface area contributed by atoms with Crippen molar-refractivity contribution in [2.24, 2.45) is 0 Å². The van der Waals surface area contributed by atoms with Crippen LogP contribution in [0.3, 0.4) is 0 Å². The molecule has 0 bridgehead atoms. The van der Waals surface area contributed by atoms with Gasteiger partial charge in [0, 0.05) is 5.56 Å². The molecule has 1 N–H and O–H groups in total. The van der Waals surface area contributed by atoms with Crippen LogP contribution in [0.2, 0.25) is 0 Å². The molecule has 0 unspecified atom stereocenters. The highest BCUT2D eigenvalue weighted by molar-refractivity contribution is 7.80. The molecule has 0 heterocycles. The lowest BCUT2D eigenvalue weighted by Gasteiger charge is -2.14. The van der Waals surface area contributed by atoms with E-state index in [0.717, 1.165) is 5.56 Å². The Kier molecular flexibility index (Phi) is 5.61. The molecule has 0 spiro atoms. The molecule has 0 atom stereocenters. The number of benzene rings is 2. The van der Waals surface area contributed by atoms with E-state index in [2.05, 4.69) is 5.32 Å². The molecule has 0 aromatic heterocycles. The number of nitrogens with zero attached hydrogens (tertiary/aromatic N) is 1. The van der Waals surface area contributed by atoms with Crippen molar-refractivity contribution in [1.82, 2.24) is 5.32 Å². The van der Waals surface area contributed by atoms with Crippen LogP contribution in [0.4, 0.5) is 0 Å². The molecule has 4 nitrogen and oxygen atoms in total. The van der Waals surface area contributed by atoms with Crippen LogP contribution in [0.1, 0.15) is 11.1 Å². The van der Waals surface area contributed by atoms with E-state index < -0.39 is 5.97 Å². The Morgan fingerprint density at radius 2 is 1.57 bits per heavy atom. The molecule has 2 rings (SSSR count). The molecule has 23 heavy (non-hydrogen) atoms. The fourth-order valence-electron chi connectivity index (χ4n) is 1.96. The van der Waals surface area contributed by atoms with Crippen LogP contribution in [0, 0.1) is 11.3 Å². The second-order valence-corrected chi connectivity index (χ2v) is 4.95. The summed E-state index contributed by atoms with van der Waals surface area (Å²) in [5.74, 6) is -0.713. The van der Waals surface area contributed by atoms with Gasteiger partial charge in [0.15, 0.2) is 5.57 Å². The summed E-state index contributed by atoms with van der Waals surface area (Å²) in [6.07, 6.45) is 0. The second kappa shape index (κ2) is 7.87. The number of hydrogen-bond donors (Lipinski definition) is 1. The number of methoxy groups -OCH3 is 1. The van der Waals surface area contributed by atoms with Crippen molar-refractivity contribution in [3.8, 4) is 6.07 Å². The molecule has 0 fully saturated rings. The lowest BCUT2D eigenvalue weighted by molar-refractivity contribution is -0.135. The predicted molar refractivity (Wildman–Crippen MR) is 92.3 cm³/mol. The SMILES string of the molecule is COC(=O)/C(C#N)=C(\NC(=S)c1ccccc1)c1ccccc1. The Morgan fingerprint density at radius 1 is 1.04 bits per heavy atom. The highest BCUT2D eigenvalue weighted by atomic mass is 32.1. The average Bonchev–Trinajstić information content (AvgIpc) is 2.62. The van der Waals surface area contributed by atoms with E-state index in [1.54, 1.807) is 12.1 Å². The highest BCUT2D eigenvalue weighted by Gasteiger charge is 2.18. The molecule has 0 aliphatic carbocycles. The summed E-state index contributed by atoms with van der Waals surface area (Å²) >= 11 is 5.38. The van der Waals surface area contributed by atoms with Crippen molar-refractivity contribution in [3.63, 3.8) is 0 Å². The number of rotatable bonds is 4. The first kappa shape index (κ1) is 16.4. The number of nitrogens with one attached hydrogen (secondary N) is 1. The molecule has 0 aliphatic heterocycles. The van der Waals surface area contributed by atoms with Crippen LogP contribution in [0.25, 0.3) is 5.70 Å². The number of carbonyl (C=O) groups excluding carboxylic acids is 1. The van der Waals surface area contributed by atoms with Crippen LogP contribution in [-0.4, -0.2) is 18.1 Å². The molecule has 0 radical (unpaired) electrons. The van der Waals surface area contributed by atoms with Gasteiger partial charge in [0.25, 0.3) is 0 Å². The standard InChI is InChI=1S/C18H14N2O2S/c1-22-18(21)15(12-19)16(13-8-4-2-5-9-13)20-17(23)14-10-6-3-7-11-14/h2-11H,1H3,(H,20,23)/b16-15-. The van der Waals surface area contributed by atoms with Gasteiger partial charge in [-0.05, 0) is 5.56 Å². The predicted octanol–water partition coefficient (Wildman–Crippen LogP) is 3.06. The highest BCUT2D eigenvalue weighted by Crippen LogP contribution is 2.18. The van der Waals surface area contributed by atoms with Gasteiger partial charge in [-0.15, -0.1) is 0 Å². The molecular weight excluding hydrogens is 308 g/mol. The zero-order valence-electron chi connectivity index (χ0n) is 12.4. The van der Waals surface area contributed by atoms with Crippen molar-refractivity contribution in [1.29, 1.82) is 5.26 Å². The number of hydrogen-bond acceptors (Lipinski definition) is 4. The molecular formula is C18H14N2O2S. The molecule has 2 aromatic rings. The van der Waals surface area contributed by atoms with Gasteiger partial charge in [0.2, 0.25) is 0 Å². The summed E-state index contributed by atoms with van der Waals surface area (Å²) in [6, 6.07) is 20.3. The number of esters is 1. The Morgan fingerprint density at radius 3 is 2.04 bits per heavy atom. The summed E-state index contributed by atoms with van der Waals surface area (Å²) in [7, 11) is 1.23. The van der Waals surface area contributed by atoms with Gasteiger partial charge < -0.3 is 10.1 Å². The van der Waals surface area contributed by atoms with Gasteiger partial charge in [-0.1, -0.05) is 72.9 Å². The maximum atomic E-state index is 11.9. The van der Waals surface area contributed by atoms with Crippen LogP contribution in [0.15, 0.2) is 66.2 Å². The molecule has 0 aliphatic rings. The molecule has 0 saturated carbocycles. The zero-order valence-corrected chi connectivity index (χ0v) is 13.3. The zero-order chi connectivity index (χ0) is 16.7. The van der Waals surface area contributed by atoms with E-state index in [1.165, 1.54) is 7.11 Å². The molecule has 114 valence electrons. The number of carbonyl (C=O) groups is 1. The molecule has 2 aromatic carbocycles. The van der Waals surface area contributed by atoms with E-state index in [-0.39, 0.29) is 5.57 Å². The minimum Gasteiger partial charge on any atom is -0.465 e. The number of nitriles is 1. The van der Waals surface area contributed by atoms with Gasteiger partial charge in [-0.3, -0.25) is 0 Å². The molecule has 0 amide bonds. The Labute approximate surface area is 140 Å². The van der Waals surface area contributed by atoms with E-state index in [4.69, 9.17) is 17.0 Å². The number of thiocarbonyl (C=S) groups is 1. The van der Waals surface area contributed by atoms with E-state index in [9.17, 15) is 10.1 Å². The van der Waals surface area contributed by atoms with Crippen molar-refractivity contribution >= 4 is 28.9 Å². The minimum atomic E-state index is -0.713. The third-order valence-corrected chi connectivity index (χ3v) is 3.43. The van der Waals surface area contributed by atoms with Gasteiger partial charge in [-0.2, -0.15) is 5.26 Å². The maximum absolute atomic E-state index is 11.9. The van der Waals surface area contributed by atoms with Gasteiger partial charge >= 0.3 is 5.97 Å². The summed E-state index contributed by atoms with van der Waals surface area (Å²) in [4.78, 5) is 12.3. The molecule has 5 heteroatoms. The van der Waals surface area contributed by atoms with Crippen LogP contribution in [0.5, 0.6) is 0 Å². The fourth-order valence-corrected chi connectivity index (χ4v) is 2.20. The average molecular weight is 322 g/mol. The molecule has 0 saturated heterocycles. The van der Waals surface area contributed by atoms with E-state index in [1.807, 2.05) is 54.6 Å². The van der Waals surface area contributed by atoms with Crippen LogP contribution in [-0.2, 0) is 9.53 Å². The summed E-state index contributed by atoms with van der Waals surface area (Å²) in [6.45, 7) is 0. The summed E-state index contributed by atoms with van der Waals surface area (Å²) < 4.78 is 4.69. The van der Waals surface area contributed by atoms with Gasteiger partial charge in [0.05, 0.1) is 12.8 Å². The van der Waals surface area contributed by atoms with E-state index >= 15 is 0 Å². The van der Waals surface area contributed by atoms with Crippen LogP contribution >= 0.6 is 12.2 Å². The van der Waals surface area contributed by atoms with Crippen molar-refractivity contribution in [2.75, 3.05) is 7.11 Å².